The number of anilines is 2. The molecule has 2 aromatic heterocycles. The van der Waals surface area contributed by atoms with E-state index in [1.54, 1.807) is 0 Å². The van der Waals surface area contributed by atoms with Gasteiger partial charge in [-0.15, -0.1) is 0 Å². The molecule has 3 rings (SSSR count). The largest absolute Gasteiger partial charge is 0.383 e. The minimum Gasteiger partial charge on any atom is -0.383 e. The Bertz CT molecular complexity index is 744. The lowest BCUT2D eigenvalue weighted by Crippen LogP contribution is -2.09. The predicted molar refractivity (Wildman–Crippen MR) is 87.8 cm³/mol. The molecule has 0 saturated carbocycles. The third-order valence-corrected chi connectivity index (χ3v) is 3.73. The van der Waals surface area contributed by atoms with Gasteiger partial charge in [0.2, 0.25) is 0 Å². The highest BCUT2D eigenvalue weighted by molar-refractivity contribution is 5.58. The van der Waals surface area contributed by atoms with Gasteiger partial charge in [0.05, 0.1) is 11.4 Å². The fraction of sp³-hybridized carbons (Fsp3) is 0.235. The fourth-order valence-electron chi connectivity index (χ4n) is 2.46. The van der Waals surface area contributed by atoms with Crippen LogP contribution < -0.4 is 10.6 Å². The van der Waals surface area contributed by atoms with E-state index in [4.69, 9.17) is 5.73 Å². The quantitative estimate of drug-likeness (QED) is 0.799. The number of benzene rings is 1. The van der Waals surface area contributed by atoms with Gasteiger partial charge in [0.1, 0.15) is 11.5 Å². The van der Waals surface area contributed by atoms with Gasteiger partial charge < -0.3 is 10.6 Å². The maximum Gasteiger partial charge on any atom is 0.138 e. The Morgan fingerprint density at radius 2 is 1.81 bits per heavy atom. The maximum atomic E-state index is 6.25. The number of hydrogen-bond donors (Lipinski definition) is 1. The molecule has 2 heterocycles. The molecule has 0 aliphatic carbocycles. The summed E-state index contributed by atoms with van der Waals surface area (Å²) in [5, 5.41) is 0. The fourth-order valence-corrected chi connectivity index (χ4v) is 2.46. The molecule has 0 atom stereocenters. The normalized spacial score (nSPS) is 11.0. The zero-order chi connectivity index (χ0) is 14.8. The molecule has 0 aliphatic rings. The molecule has 1 aromatic carbocycles. The van der Waals surface area contributed by atoms with Crippen molar-refractivity contribution in [2.75, 3.05) is 24.7 Å². The van der Waals surface area contributed by atoms with Crippen LogP contribution in [0, 0.1) is 0 Å². The minimum atomic E-state index is 0.740. The van der Waals surface area contributed by atoms with Crippen LogP contribution in [-0.4, -0.2) is 23.5 Å². The van der Waals surface area contributed by atoms with Gasteiger partial charge in [-0.2, -0.15) is 0 Å². The lowest BCUT2D eigenvalue weighted by Gasteiger charge is -2.12. The molecule has 0 aliphatic heterocycles. The predicted octanol–water partition coefficient (Wildman–Crippen LogP) is 2.77. The average Bonchev–Trinajstić information content (AvgIpc) is 2.82. The number of nitrogens with zero attached hydrogens (tertiary/aromatic N) is 3. The van der Waals surface area contributed by atoms with Crippen LogP contribution in [0.5, 0.6) is 0 Å². The Morgan fingerprint density at radius 1 is 1.05 bits per heavy atom. The van der Waals surface area contributed by atoms with E-state index in [1.165, 1.54) is 5.56 Å². The first kappa shape index (κ1) is 13.5. The molecule has 4 nitrogen and oxygen atoms in total. The molecule has 0 saturated heterocycles. The standard InChI is InChI=1S/C17H20N4/c1-20(2)14-9-11-16-19-15(17(18)21(16)12-14)10-8-13-6-4-3-5-7-13/h3-7,9,11-12H,8,10,18H2,1-2H3. The Morgan fingerprint density at radius 3 is 2.52 bits per heavy atom. The Balaban J connectivity index is 1.87. The molecule has 3 aromatic rings. The topological polar surface area (TPSA) is 46.6 Å². The molecule has 0 spiro atoms. The van der Waals surface area contributed by atoms with Crippen LogP contribution in [0.2, 0.25) is 0 Å². The van der Waals surface area contributed by atoms with Crippen molar-refractivity contribution in [2.45, 2.75) is 12.8 Å². The van der Waals surface area contributed by atoms with Crippen LogP contribution >= 0.6 is 0 Å². The molecule has 0 amide bonds. The summed E-state index contributed by atoms with van der Waals surface area (Å²) >= 11 is 0. The Labute approximate surface area is 124 Å². The molecule has 0 unspecified atom stereocenters. The van der Waals surface area contributed by atoms with E-state index in [0.29, 0.717) is 0 Å². The van der Waals surface area contributed by atoms with Crippen molar-refractivity contribution < 1.29 is 0 Å². The number of imidazole rings is 1. The van der Waals surface area contributed by atoms with Crippen molar-refractivity contribution in [1.82, 2.24) is 9.38 Å². The summed E-state index contributed by atoms with van der Waals surface area (Å²) in [6, 6.07) is 14.5. The lowest BCUT2D eigenvalue weighted by atomic mass is 10.1. The van der Waals surface area contributed by atoms with Crippen molar-refractivity contribution in [3.05, 3.63) is 59.9 Å². The first-order chi connectivity index (χ1) is 10.1. The number of nitrogens with two attached hydrogens (primary N) is 1. The second-order valence-electron chi connectivity index (χ2n) is 5.44. The van der Waals surface area contributed by atoms with Crippen molar-refractivity contribution in [1.29, 1.82) is 0 Å². The van der Waals surface area contributed by atoms with Gasteiger partial charge >= 0.3 is 0 Å². The minimum absolute atomic E-state index is 0.740. The van der Waals surface area contributed by atoms with Crippen LogP contribution in [0.25, 0.3) is 5.65 Å². The summed E-state index contributed by atoms with van der Waals surface area (Å²) in [6.07, 6.45) is 3.84. The van der Waals surface area contributed by atoms with E-state index in [0.717, 1.165) is 35.7 Å². The van der Waals surface area contributed by atoms with Gasteiger partial charge in [-0.25, -0.2) is 4.98 Å². The highest BCUT2D eigenvalue weighted by atomic mass is 15.1. The highest BCUT2D eigenvalue weighted by Gasteiger charge is 2.10. The van der Waals surface area contributed by atoms with Gasteiger partial charge in [0.25, 0.3) is 0 Å². The number of nitrogen functional groups attached to an aromatic ring is 1. The van der Waals surface area contributed by atoms with Crippen LogP contribution in [0.4, 0.5) is 11.5 Å². The van der Waals surface area contributed by atoms with Crippen molar-refractivity contribution in [3.63, 3.8) is 0 Å². The zero-order valence-electron chi connectivity index (χ0n) is 12.5. The summed E-state index contributed by atoms with van der Waals surface area (Å²) in [4.78, 5) is 6.71. The number of aromatic nitrogens is 2. The lowest BCUT2D eigenvalue weighted by molar-refractivity contribution is 0.931. The Hall–Kier alpha value is -2.49. The van der Waals surface area contributed by atoms with Gasteiger partial charge in [-0.05, 0) is 30.5 Å². The summed E-state index contributed by atoms with van der Waals surface area (Å²) in [6.45, 7) is 0. The molecule has 0 fully saturated rings. The van der Waals surface area contributed by atoms with Crippen LogP contribution in [-0.2, 0) is 12.8 Å². The van der Waals surface area contributed by atoms with Gasteiger partial charge in [-0.1, -0.05) is 30.3 Å². The van der Waals surface area contributed by atoms with Crippen molar-refractivity contribution in [2.24, 2.45) is 0 Å². The second kappa shape index (κ2) is 5.48. The van der Waals surface area contributed by atoms with Gasteiger partial charge in [0, 0.05) is 20.3 Å². The number of aryl methyl sites for hydroxylation is 2. The average molecular weight is 280 g/mol. The smallest absolute Gasteiger partial charge is 0.138 e. The number of pyridine rings is 1. The molecule has 4 heteroatoms. The third-order valence-electron chi connectivity index (χ3n) is 3.73. The third kappa shape index (κ3) is 2.70. The van der Waals surface area contributed by atoms with Crippen molar-refractivity contribution in [3.8, 4) is 0 Å². The van der Waals surface area contributed by atoms with E-state index < -0.39 is 0 Å². The SMILES string of the molecule is CN(C)c1ccc2nc(CCc3ccccc3)c(N)n2c1. The first-order valence-electron chi connectivity index (χ1n) is 7.13. The van der Waals surface area contributed by atoms with Gasteiger partial charge in [-0.3, -0.25) is 4.40 Å². The summed E-state index contributed by atoms with van der Waals surface area (Å²) in [5.41, 5.74) is 10.5. The first-order valence-corrected chi connectivity index (χ1v) is 7.13. The monoisotopic (exact) mass is 280 g/mol. The van der Waals surface area contributed by atoms with E-state index >= 15 is 0 Å². The molecule has 0 bridgehead atoms. The van der Waals surface area contributed by atoms with Crippen LogP contribution in [0.1, 0.15) is 11.3 Å². The molecular weight excluding hydrogens is 260 g/mol. The number of fused-ring (bicyclic) bond motifs is 1. The number of hydrogen-bond acceptors (Lipinski definition) is 3. The summed E-state index contributed by atoms with van der Waals surface area (Å²) < 4.78 is 1.97. The maximum absolute atomic E-state index is 6.25. The zero-order valence-corrected chi connectivity index (χ0v) is 12.5. The molecule has 2 N–H and O–H groups in total. The summed E-state index contributed by atoms with van der Waals surface area (Å²) in [5.74, 6) is 0.740. The number of rotatable bonds is 4. The molecule has 0 radical (unpaired) electrons. The van der Waals surface area contributed by atoms with Crippen LogP contribution in [0.15, 0.2) is 48.7 Å². The highest BCUT2D eigenvalue weighted by Crippen LogP contribution is 2.20. The van der Waals surface area contributed by atoms with E-state index in [-0.39, 0.29) is 0 Å². The van der Waals surface area contributed by atoms with Gasteiger partial charge in [0.15, 0.2) is 0 Å². The molecule has 21 heavy (non-hydrogen) atoms. The second-order valence-corrected chi connectivity index (χ2v) is 5.44. The van der Waals surface area contributed by atoms with Crippen molar-refractivity contribution >= 4 is 17.2 Å². The molecular formula is C17H20N4. The van der Waals surface area contributed by atoms with E-state index in [1.807, 2.05) is 36.8 Å². The van der Waals surface area contributed by atoms with E-state index in [9.17, 15) is 0 Å². The van der Waals surface area contributed by atoms with E-state index in [2.05, 4.69) is 40.2 Å². The van der Waals surface area contributed by atoms with Crippen LogP contribution in [0.3, 0.4) is 0 Å². The molecule has 108 valence electrons. The summed E-state index contributed by atoms with van der Waals surface area (Å²) in [7, 11) is 4.04. The Kier molecular flexibility index (Phi) is 3.52.